The van der Waals surface area contributed by atoms with E-state index < -0.39 is 0 Å². The summed E-state index contributed by atoms with van der Waals surface area (Å²) in [7, 11) is 1.61. The first-order valence-corrected chi connectivity index (χ1v) is 8.65. The predicted octanol–water partition coefficient (Wildman–Crippen LogP) is 3.78. The number of nitrogens with one attached hydrogen (secondary N) is 2. The molecule has 138 valence electrons. The first kappa shape index (κ1) is 18.4. The van der Waals surface area contributed by atoms with Crippen molar-refractivity contribution in [3.63, 3.8) is 0 Å². The van der Waals surface area contributed by atoms with Crippen LogP contribution >= 0.6 is 0 Å². The molecular weight excluding hydrogens is 340 g/mol. The van der Waals surface area contributed by atoms with Gasteiger partial charge in [-0.25, -0.2) is 9.97 Å². The fourth-order valence-corrected chi connectivity index (χ4v) is 2.67. The number of anilines is 2. The third kappa shape index (κ3) is 4.41. The van der Waals surface area contributed by atoms with Crippen molar-refractivity contribution in [2.75, 3.05) is 12.4 Å². The highest BCUT2D eigenvalue weighted by Gasteiger charge is 2.11. The third-order valence-corrected chi connectivity index (χ3v) is 4.37. The first-order chi connectivity index (χ1) is 13.1. The maximum Gasteiger partial charge on any atom is 0.270 e. The van der Waals surface area contributed by atoms with Gasteiger partial charge >= 0.3 is 0 Å². The molecule has 1 aromatic heterocycles. The van der Waals surface area contributed by atoms with Crippen LogP contribution in [0.1, 0.15) is 27.2 Å². The van der Waals surface area contributed by atoms with Crippen LogP contribution in [-0.4, -0.2) is 23.0 Å². The van der Waals surface area contributed by atoms with E-state index in [2.05, 4.69) is 20.6 Å². The summed E-state index contributed by atoms with van der Waals surface area (Å²) in [4.78, 5) is 21.0. The van der Waals surface area contributed by atoms with Gasteiger partial charge in [-0.2, -0.15) is 0 Å². The third-order valence-electron chi connectivity index (χ3n) is 4.37. The standard InChI is InChI=1S/C21H22N4O2/c1-14-7-6-9-17(15(14)2)24-21-22-12-11-18(25-21)20(26)23-13-16-8-4-5-10-19(16)27-3/h4-12H,13H2,1-3H3,(H,23,26)(H,22,24,25). The van der Waals surface area contributed by atoms with E-state index >= 15 is 0 Å². The number of para-hydroxylation sites is 1. The average Bonchev–Trinajstić information content (AvgIpc) is 2.70. The SMILES string of the molecule is COc1ccccc1CNC(=O)c1ccnc(Nc2cccc(C)c2C)n1. The van der Waals surface area contributed by atoms with Crippen molar-refractivity contribution < 1.29 is 9.53 Å². The summed E-state index contributed by atoms with van der Waals surface area (Å²) in [6.45, 7) is 4.43. The van der Waals surface area contributed by atoms with Crippen LogP contribution in [0.3, 0.4) is 0 Å². The van der Waals surface area contributed by atoms with E-state index in [9.17, 15) is 4.79 Å². The fourth-order valence-electron chi connectivity index (χ4n) is 2.67. The highest BCUT2D eigenvalue weighted by atomic mass is 16.5. The minimum Gasteiger partial charge on any atom is -0.496 e. The maximum absolute atomic E-state index is 12.5. The molecular formula is C21H22N4O2. The molecule has 6 heteroatoms. The Labute approximate surface area is 158 Å². The number of aryl methyl sites for hydroxylation is 1. The number of rotatable bonds is 6. The molecule has 0 aliphatic rings. The Balaban J connectivity index is 1.71. The van der Waals surface area contributed by atoms with Gasteiger partial charge in [0, 0.05) is 24.0 Å². The van der Waals surface area contributed by atoms with E-state index in [4.69, 9.17) is 4.74 Å². The van der Waals surface area contributed by atoms with Gasteiger partial charge in [-0.3, -0.25) is 4.79 Å². The normalized spacial score (nSPS) is 10.3. The first-order valence-electron chi connectivity index (χ1n) is 8.65. The second-order valence-corrected chi connectivity index (χ2v) is 6.13. The lowest BCUT2D eigenvalue weighted by Gasteiger charge is -2.11. The molecule has 6 nitrogen and oxygen atoms in total. The molecule has 0 atom stereocenters. The van der Waals surface area contributed by atoms with Gasteiger partial charge in [0.1, 0.15) is 11.4 Å². The van der Waals surface area contributed by atoms with Crippen molar-refractivity contribution in [1.29, 1.82) is 0 Å². The van der Waals surface area contributed by atoms with Gasteiger partial charge in [0.2, 0.25) is 5.95 Å². The van der Waals surface area contributed by atoms with E-state index in [1.807, 2.05) is 56.3 Å². The number of nitrogens with zero attached hydrogens (tertiary/aromatic N) is 2. The van der Waals surface area contributed by atoms with Crippen LogP contribution < -0.4 is 15.4 Å². The van der Waals surface area contributed by atoms with E-state index in [0.29, 0.717) is 18.2 Å². The summed E-state index contributed by atoms with van der Waals surface area (Å²) < 4.78 is 5.30. The summed E-state index contributed by atoms with van der Waals surface area (Å²) >= 11 is 0. The molecule has 1 heterocycles. The fraction of sp³-hybridized carbons (Fsp3) is 0.190. The molecule has 27 heavy (non-hydrogen) atoms. The van der Waals surface area contributed by atoms with Crippen molar-refractivity contribution in [2.24, 2.45) is 0 Å². The molecule has 0 unspecified atom stereocenters. The lowest BCUT2D eigenvalue weighted by molar-refractivity contribution is 0.0945. The molecule has 0 aliphatic heterocycles. The molecule has 3 rings (SSSR count). The summed E-state index contributed by atoms with van der Waals surface area (Å²) in [6, 6.07) is 15.1. The summed E-state index contributed by atoms with van der Waals surface area (Å²) in [5, 5.41) is 6.04. The van der Waals surface area contributed by atoms with Crippen LogP contribution in [0.5, 0.6) is 5.75 Å². The number of amides is 1. The summed E-state index contributed by atoms with van der Waals surface area (Å²) in [6.07, 6.45) is 1.57. The largest absolute Gasteiger partial charge is 0.496 e. The van der Waals surface area contributed by atoms with Gasteiger partial charge in [0.05, 0.1) is 7.11 Å². The number of aromatic nitrogens is 2. The molecule has 0 saturated carbocycles. The summed E-state index contributed by atoms with van der Waals surface area (Å²) in [5.41, 5.74) is 4.41. The highest BCUT2D eigenvalue weighted by molar-refractivity contribution is 5.92. The van der Waals surface area contributed by atoms with Crippen LogP contribution in [-0.2, 0) is 6.54 Å². The van der Waals surface area contributed by atoms with Gasteiger partial charge in [-0.1, -0.05) is 30.3 Å². The molecule has 0 radical (unpaired) electrons. The number of carbonyl (C=O) groups excluding carboxylic acids is 1. The number of hydrogen-bond acceptors (Lipinski definition) is 5. The molecule has 0 fully saturated rings. The number of carbonyl (C=O) groups is 1. The van der Waals surface area contributed by atoms with Gasteiger partial charge in [-0.15, -0.1) is 0 Å². The van der Waals surface area contributed by atoms with Gasteiger partial charge in [0.15, 0.2) is 0 Å². The van der Waals surface area contributed by atoms with Crippen LogP contribution in [0.15, 0.2) is 54.7 Å². The van der Waals surface area contributed by atoms with Gasteiger partial charge in [0.25, 0.3) is 5.91 Å². The summed E-state index contributed by atoms with van der Waals surface area (Å²) in [5.74, 6) is 0.846. The molecule has 2 N–H and O–H groups in total. The zero-order valence-corrected chi connectivity index (χ0v) is 15.6. The number of ether oxygens (including phenoxy) is 1. The van der Waals surface area contributed by atoms with E-state index in [1.165, 1.54) is 5.56 Å². The van der Waals surface area contributed by atoms with Crippen LogP contribution in [0.4, 0.5) is 11.6 Å². The molecule has 0 bridgehead atoms. The van der Waals surface area contributed by atoms with Gasteiger partial charge < -0.3 is 15.4 Å². The van der Waals surface area contributed by atoms with E-state index in [1.54, 1.807) is 19.4 Å². The second kappa shape index (κ2) is 8.31. The van der Waals surface area contributed by atoms with Gasteiger partial charge in [-0.05, 0) is 43.2 Å². The van der Waals surface area contributed by atoms with Crippen molar-refractivity contribution in [1.82, 2.24) is 15.3 Å². The number of hydrogen-bond donors (Lipinski definition) is 2. The zero-order chi connectivity index (χ0) is 19.2. The average molecular weight is 362 g/mol. The Morgan fingerprint density at radius 3 is 2.70 bits per heavy atom. The molecule has 0 spiro atoms. The second-order valence-electron chi connectivity index (χ2n) is 6.13. The molecule has 2 aromatic carbocycles. The zero-order valence-electron chi connectivity index (χ0n) is 15.6. The van der Waals surface area contributed by atoms with E-state index in [-0.39, 0.29) is 5.91 Å². The Morgan fingerprint density at radius 2 is 1.89 bits per heavy atom. The smallest absolute Gasteiger partial charge is 0.270 e. The molecule has 1 amide bonds. The van der Waals surface area contributed by atoms with Crippen molar-refractivity contribution in [2.45, 2.75) is 20.4 Å². The van der Waals surface area contributed by atoms with Crippen LogP contribution in [0, 0.1) is 13.8 Å². The quantitative estimate of drug-likeness (QED) is 0.698. The number of methoxy groups -OCH3 is 1. The Bertz CT molecular complexity index is 956. The highest BCUT2D eigenvalue weighted by Crippen LogP contribution is 2.21. The Kier molecular flexibility index (Phi) is 5.66. The van der Waals surface area contributed by atoms with Crippen LogP contribution in [0.25, 0.3) is 0 Å². The molecule has 0 aliphatic carbocycles. The van der Waals surface area contributed by atoms with Crippen molar-refractivity contribution >= 4 is 17.5 Å². The predicted molar refractivity (Wildman–Crippen MR) is 105 cm³/mol. The topological polar surface area (TPSA) is 76.1 Å². The lowest BCUT2D eigenvalue weighted by atomic mass is 10.1. The van der Waals surface area contributed by atoms with Crippen molar-refractivity contribution in [3.8, 4) is 5.75 Å². The lowest BCUT2D eigenvalue weighted by Crippen LogP contribution is -2.24. The maximum atomic E-state index is 12.5. The molecule has 3 aromatic rings. The monoisotopic (exact) mass is 362 g/mol. The minimum atomic E-state index is -0.271. The Hall–Kier alpha value is -3.41. The minimum absolute atomic E-state index is 0.271. The van der Waals surface area contributed by atoms with E-state index in [0.717, 1.165) is 22.6 Å². The van der Waals surface area contributed by atoms with Crippen molar-refractivity contribution in [3.05, 3.63) is 77.1 Å². The number of benzene rings is 2. The Morgan fingerprint density at radius 1 is 1.07 bits per heavy atom. The molecule has 0 saturated heterocycles. The van der Waals surface area contributed by atoms with Crippen LogP contribution in [0.2, 0.25) is 0 Å².